The molecular weight excluding hydrogens is 352 g/mol. The molecule has 0 amide bonds. The zero-order chi connectivity index (χ0) is 19.6. The number of aromatic nitrogens is 3. The van der Waals surface area contributed by atoms with E-state index in [1.165, 1.54) is 25.4 Å². The van der Waals surface area contributed by atoms with E-state index in [0.717, 1.165) is 55.7 Å². The highest BCUT2D eigenvalue weighted by atomic mass is 16.5. The predicted molar refractivity (Wildman–Crippen MR) is 109 cm³/mol. The van der Waals surface area contributed by atoms with Gasteiger partial charge >= 0.3 is 5.97 Å². The SMILES string of the molecule is COC(=O)C[C@@H](/C=C/CCCCc1ccc2c(n1)NCCC2)c1cncnc1. The van der Waals surface area contributed by atoms with Crippen molar-refractivity contribution in [1.29, 1.82) is 0 Å². The Balaban J connectivity index is 1.46. The number of carbonyl (C=O) groups excluding carboxylic acids is 1. The summed E-state index contributed by atoms with van der Waals surface area (Å²) < 4.78 is 4.81. The molecule has 0 unspecified atom stereocenters. The summed E-state index contributed by atoms with van der Waals surface area (Å²) in [6.07, 6.45) is 15.9. The summed E-state index contributed by atoms with van der Waals surface area (Å²) in [7, 11) is 1.41. The molecule has 2 aromatic rings. The maximum atomic E-state index is 11.7. The number of aryl methyl sites for hydroxylation is 2. The Morgan fingerprint density at radius 3 is 2.96 bits per heavy atom. The summed E-state index contributed by atoms with van der Waals surface area (Å²) >= 11 is 0. The minimum absolute atomic E-state index is 0.0537. The van der Waals surface area contributed by atoms with Crippen molar-refractivity contribution in [3.63, 3.8) is 0 Å². The molecule has 0 aromatic carbocycles. The van der Waals surface area contributed by atoms with Crippen molar-refractivity contribution in [3.05, 3.63) is 59.8 Å². The van der Waals surface area contributed by atoms with Crippen LogP contribution in [0.4, 0.5) is 5.82 Å². The topological polar surface area (TPSA) is 77.0 Å². The van der Waals surface area contributed by atoms with Crippen molar-refractivity contribution in [1.82, 2.24) is 15.0 Å². The molecule has 148 valence electrons. The van der Waals surface area contributed by atoms with E-state index in [1.807, 2.05) is 0 Å². The third kappa shape index (κ3) is 5.87. The van der Waals surface area contributed by atoms with Crippen LogP contribution in [0, 0.1) is 0 Å². The minimum Gasteiger partial charge on any atom is -0.469 e. The lowest BCUT2D eigenvalue weighted by atomic mass is 9.97. The van der Waals surface area contributed by atoms with Gasteiger partial charge in [0.15, 0.2) is 0 Å². The van der Waals surface area contributed by atoms with Crippen LogP contribution in [0.15, 0.2) is 43.0 Å². The van der Waals surface area contributed by atoms with E-state index in [0.29, 0.717) is 6.42 Å². The van der Waals surface area contributed by atoms with Gasteiger partial charge in [-0.25, -0.2) is 15.0 Å². The van der Waals surface area contributed by atoms with Gasteiger partial charge in [0.05, 0.1) is 13.5 Å². The van der Waals surface area contributed by atoms with Gasteiger partial charge in [-0.3, -0.25) is 4.79 Å². The molecule has 1 atom stereocenters. The van der Waals surface area contributed by atoms with Gasteiger partial charge in [-0.05, 0) is 55.7 Å². The number of pyridine rings is 1. The molecule has 1 N–H and O–H groups in total. The number of ether oxygens (including phenoxy) is 1. The molecule has 0 aliphatic carbocycles. The number of rotatable bonds is 9. The Morgan fingerprint density at radius 1 is 1.29 bits per heavy atom. The van der Waals surface area contributed by atoms with Crippen LogP contribution in [0.2, 0.25) is 0 Å². The number of nitrogens with one attached hydrogen (secondary N) is 1. The van der Waals surface area contributed by atoms with Crippen LogP contribution >= 0.6 is 0 Å². The highest BCUT2D eigenvalue weighted by Gasteiger charge is 2.14. The van der Waals surface area contributed by atoms with Crippen molar-refractivity contribution >= 4 is 11.8 Å². The number of unbranched alkanes of at least 4 members (excludes halogenated alkanes) is 2. The fourth-order valence-corrected chi connectivity index (χ4v) is 3.40. The number of hydrogen-bond donors (Lipinski definition) is 1. The number of hydrogen-bond acceptors (Lipinski definition) is 6. The normalized spacial score (nSPS) is 14.3. The Hall–Kier alpha value is -2.76. The molecule has 0 bridgehead atoms. The lowest BCUT2D eigenvalue weighted by Gasteiger charge is -2.17. The van der Waals surface area contributed by atoms with Gasteiger partial charge in [0.1, 0.15) is 12.1 Å². The third-order valence-electron chi connectivity index (χ3n) is 5.00. The molecule has 0 saturated heterocycles. The number of carbonyl (C=O) groups is 1. The Kier molecular flexibility index (Phi) is 7.53. The first-order valence-electron chi connectivity index (χ1n) is 9.97. The molecule has 3 heterocycles. The molecule has 3 rings (SSSR count). The van der Waals surface area contributed by atoms with Crippen LogP contribution in [0.5, 0.6) is 0 Å². The smallest absolute Gasteiger partial charge is 0.306 e. The molecule has 1 aliphatic heterocycles. The summed E-state index contributed by atoms with van der Waals surface area (Å²) in [6.45, 7) is 1.02. The second-order valence-electron chi connectivity index (χ2n) is 7.07. The number of nitrogens with zero attached hydrogens (tertiary/aromatic N) is 3. The maximum Gasteiger partial charge on any atom is 0.306 e. The quantitative estimate of drug-likeness (QED) is 0.405. The number of anilines is 1. The summed E-state index contributed by atoms with van der Waals surface area (Å²) in [6, 6.07) is 4.37. The fraction of sp³-hybridized carbons (Fsp3) is 0.455. The summed E-state index contributed by atoms with van der Waals surface area (Å²) in [5.41, 5.74) is 3.41. The standard InChI is InChI=1S/C22H28N4O2/c1-28-21(27)13-18(19-14-23-16-24-15-19)7-4-2-3-5-9-20-11-10-17-8-6-12-25-22(17)26-20/h4,7,10-11,14-16,18H,2-3,5-6,8-9,12-13H2,1H3,(H,25,26)/b7-4+/t18-/m1/s1. The van der Waals surface area contributed by atoms with Crippen LogP contribution < -0.4 is 5.32 Å². The molecular formula is C22H28N4O2. The molecule has 2 aromatic heterocycles. The van der Waals surface area contributed by atoms with Gasteiger partial charge in [0.2, 0.25) is 0 Å². The van der Waals surface area contributed by atoms with E-state index >= 15 is 0 Å². The molecule has 28 heavy (non-hydrogen) atoms. The fourth-order valence-electron chi connectivity index (χ4n) is 3.40. The first kappa shape index (κ1) is 20.0. The number of esters is 1. The van der Waals surface area contributed by atoms with Crippen molar-refractivity contribution in [2.75, 3.05) is 19.0 Å². The zero-order valence-electron chi connectivity index (χ0n) is 16.4. The molecule has 6 nitrogen and oxygen atoms in total. The Morgan fingerprint density at radius 2 is 2.14 bits per heavy atom. The monoisotopic (exact) mass is 380 g/mol. The first-order chi connectivity index (χ1) is 13.8. The molecule has 0 saturated carbocycles. The lowest BCUT2D eigenvalue weighted by molar-refractivity contribution is -0.140. The molecule has 1 aliphatic rings. The summed E-state index contributed by atoms with van der Waals surface area (Å²) in [5, 5.41) is 3.39. The van der Waals surface area contributed by atoms with Crippen molar-refractivity contribution in [2.24, 2.45) is 0 Å². The van der Waals surface area contributed by atoms with Gasteiger partial charge in [-0.2, -0.15) is 0 Å². The average Bonchev–Trinajstić information content (AvgIpc) is 2.75. The summed E-state index contributed by atoms with van der Waals surface area (Å²) in [4.78, 5) is 24.5. The molecule has 0 spiro atoms. The van der Waals surface area contributed by atoms with Crippen molar-refractivity contribution < 1.29 is 9.53 Å². The van der Waals surface area contributed by atoms with E-state index < -0.39 is 0 Å². The highest BCUT2D eigenvalue weighted by molar-refractivity contribution is 5.70. The Labute approximate surface area is 166 Å². The highest BCUT2D eigenvalue weighted by Crippen LogP contribution is 2.22. The van der Waals surface area contributed by atoms with Crippen LogP contribution in [0.1, 0.15) is 54.8 Å². The van der Waals surface area contributed by atoms with Crippen LogP contribution in [-0.4, -0.2) is 34.6 Å². The van der Waals surface area contributed by atoms with Gasteiger partial charge in [0.25, 0.3) is 0 Å². The molecule has 0 radical (unpaired) electrons. The van der Waals surface area contributed by atoms with Crippen LogP contribution in [-0.2, 0) is 22.4 Å². The molecule has 6 heteroatoms. The minimum atomic E-state index is -0.231. The van der Waals surface area contributed by atoms with E-state index in [9.17, 15) is 4.79 Å². The van der Waals surface area contributed by atoms with E-state index in [1.54, 1.807) is 12.4 Å². The van der Waals surface area contributed by atoms with Crippen molar-refractivity contribution in [2.45, 2.75) is 50.9 Å². The van der Waals surface area contributed by atoms with Crippen molar-refractivity contribution in [3.8, 4) is 0 Å². The van der Waals surface area contributed by atoms with E-state index in [4.69, 9.17) is 9.72 Å². The Bertz CT molecular complexity index is 792. The van der Waals surface area contributed by atoms with Crippen LogP contribution in [0.3, 0.4) is 0 Å². The summed E-state index contributed by atoms with van der Waals surface area (Å²) in [5.74, 6) is 0.784. The van der Waals surface area contributed by atoms with E-state index in [2.05, 4.69) is 39.6 Å². The van der Waals surface area contributed by atoms with Gasteiger partial charge in [-0.1, -0.05) is 18.2 Å². The third-order valence-corrected chi connectivity index (χ3v) is 5.00. The van der Waals surface area contributed by atoms with Crippen LogP contribution in [0.25, 0.3) is 0 Å². The lowest BCUT2D eigenvalue weighted by Crippen LogP contribution is -2.13. The molecule has 0 fully saturated rings. The van der Waals surface area contributed by atoms with Gasteiger partial charge in [0, 0.05) is 30.6 Å². The van der Waals surface area contributed by atoms with E-state index in [-0.39, 0.29) is 11.9 Å². The second kappa shape index (κ2) is 10.5. The second-order valence-corrected chi connectivity index (χ2v) is 7.07. The number of methoxy groups -OCH3 is 1. The average molecular weight is 380 g/mol. The van der Waals surface area contributed by atoms with Gasteiger partial charge < -0.3 is 10.1 Å². The predicted octanol–water partition coefficient (Wildman–Crippen LogP) is 3.85. The number of fused-ring (bicyclic) bond motifs is 1. The maximum absolute atomic E-state index is 11.7. The largest absolute Gasteiger partial charge is 0.469 e. The van der Waals surface area contributed by atoms with Gasteiger partial charge in [-0.15, -0.1) is 0 Å². The zero-order valence-corrected chi connectivity index (χ0v) is 16.4. The number of allylic oxidation sites excluding steroid dienone is 2. The first-order valence-corrected chi connectivity index (χ1v) is 9.97.